The van der Waals surface area contributed by atoms with Crippen molar-refractivity contribution in [2.75, 3.05) is 16.8 Å². The first-order chi connectivity index (χ1) is 13.0. The first-order valence-corrected chi connectivity index (χ1v) is 8.48. The lowest BCUT2D eigenvalue weighted by Gasteiger charge is -2.22. The minimum atomic E-state index is -0.362. The molecular formula is C21H19N3O3. The summed E-state index contributed by atoms with van der Waals surface area (Å²) >= 11 is 0. The number of pyridine rings is 1. The van der Waals surface area contributed by atoms with E-state index in [9.17, 15) is 14.4 Å². The molecule has 0 fully saturated rings. The van der Waals surface area contributed by atoms with Crippen molar-refractivity contribution in [1.82, 2.24) is 4.98 Å². The second-order valence-corrected chi connectivity index (χ2v) is 6.14. The van der Waals surface area contributed by atoms with Crippen molar-refractivity contribution in [2.45, 2.75) is 13.8 Å². The second-order valence-electron chi connectivity index (χ2n) is 6.14. The van der Waals surface area contributed by atoms with Crippen LogP contribution in [-0.4, -0.2) is 29.1 Å². The van der Waals surface area contributed by atoms with E-state index in [2.05, 4.69) is 10.3 Å². The van der Waals surface area contributed by atoms with Crippen LogP contribution in [0.1, 0.15) is 24.2 Å². The summed E-state index contributed by atoms with van der Waals surface area (Å²) in [5.41, 5.74) is 2.25. The van der Waals surface area contributed by atoms with Crippen molar-refractivity contribution >= 4 is 39.9 Å². The van der Waals surface area contributed by atoms with E-state index in [0.717, 1.165) is 5.39 Å². The summed E-state index contributed by atoms with van der Waals surface area (Å²) < 4.78 is 0. The highest BCUT2D eigenvalue weighted by molar-refractivity contribution is 6.06. The van der Waals surface area contributed by atoms with Gasteiger partial charge < -0.3 is 10.2 Å². The number of carbonyl (C=O) groups is 3. The molecule has 0 saturated carbocycles. The van der Waals surface area contributed by atoms with Gasteiger partial charge in [-0.2, -0.15) is 0 Å². The van der Waals surface area contributed by atoms with Gasteiger partial charge in [0, 0.05) is 29.8 Å². The number of rotatable bonds is 5. The number of hydrogen-bond acceptors (Lipinski definition) is 4. The van der Waals surface area contributed by atoms with E-state index in [4.69, 9.17) is 0 Å². The van der Waals surface area contributed by atoms with Gasteiger partial charge in [-0.3, -0.25) is 19.4 Å². The van der Waals surface area contributed by atoms with Crippen LogP contribution in [0.25, 0.3) is 10.9 Å². The molecule has 0 spiro atoms. The molecule has 0 bridgehead atoms. The van der Waals surface area contributed by atoms with Crippen molar-refractivity contribution in [3.05, 3.63) is 66.4 Å². The molecule has 6 heteroatoms. The average Bonchev–Trinajstić information content (AvgIpc) is 2.65. The van der Waals surface area contributed by atoms with E-state index in [1.807, 2.05) is 24.3 Å². The Labute approximate surface area is 156 Å². The zero-order valence-electron chi connectivity index (χ0n) is 15.1. The van der Waals surface area contributed by atoms with Crippen LogP contribution >= 0.6 is 0 Å². The van der Waals surface area contributed by atoms with Crippen molar-refractivity contribution < 1.29 is 14.4 Å². The highest BCUT2D eigenvalue weighted by Gasteiger charge is 2.18. The number of nitrogens with one attached hydrogen (secondary N) is 1. The fourth-order valence-electron chi connectivity index (χ4n) is 2.83. The number of benzene rings is 2. The van der Waals surface area contributed by atoms with E-state index in [0.29, 0.717) is 22.5 Å². The summed E-state index contributed by atoms with van der Waals surface area (Å²) in [4.78, 5) is 41.9. The minimum Gasteiger partial charge on any atom is -0.325 e. The maximum absolute atomic E-state index is 12.5. The predicted octanol–water partition coefficient (Wildman–Crippen LogP) is 3.43. The van der Waals surface area contributed by atoms with Crippen LogP contribution in [0, 0.1) is 0 Å². The smallest absolute Gasteiger partial charge is 0.244 e. The molecular weight excluding hydrogens is 342 g/mol. The van der Waals surface area contributed by atoms with Gasteiger partial charge in [0.2, 0.25) is 11.8 Å². The molecule has 3 aromatic rings. The SMILES string of the molecule is CC(=O)c1cccc(NC(=O)CN(C(C)=O)c2cccc3cccnc23)c1. The first kappa shape index (κ1) is 18.3. The summed E-state index contributed by atoms with van der Waals surface area (Å²) in [6.07, 6.45) is 1.65. The Morgan fingerprint density at radius 1 is 1.00 bits per heavy atom. The van der Waals surface area contributed by atoms with Gasteiger partial charge in [-0.25, -0.2) is 0 Å². The molecule has 2 amide bonds. The normalized spacial score (nSPS) is 10.4. The van der Waals surface area contributed by atoms with E-state index >= 15 is 0 Å². The standard InChI is InChI=1S/C21H19N3O3/c1-14(25)17-7-3-9-18(12-17)23-20(27)13-24(15(2)26)19-10-4-6-16-8-5-11-22-21(16)19/h3-12H,13H2,1-2H3,(H,23,27). The molecule has 27 heavy (non-hydrogen) atoms. The van der Waals surface area contributed by atoms with E-state index in [-0.39, 0.29) is 24.1 Å². The Kier molecular flexibility index (Phi) is 5.26. The van der Waals surface area contributed by atoms with Gasteiger partial charge in [-0.05, 0) is 31.2 Å². The van der Waals surface area contributed by atoms with Crippen molar-refractivity contribution in [3.63, 3.8) is 0 Å². The van der Waals surface area contributed by atoms with Crippen molar-refractivity contribution in [3.8, 4) is 0 Å². The molecule has 0 radical (unpaired) electrons. The monoisotopic (exact) mass is 361 g/mol. The molecule has 0 aliphatic rings. The second kappa shape index (κ2) is 7.78. The molecule has 3 rings (SSSR count). The van der Waals surface area contributed by atoms with E-state index in [1.165, 1.54) is 18.7 Å². The van der Waals surface area contributed by atoms with Gasteiger partial charge in [0.1, 0.15) is 6.54 Å². The van der Waals surface area contributed by atoms with Crippen LogP contribution < -0.4 is 10.2 Å². The molecule has 0 atom stereocenters. The number of fused-ring (bicyclic) bond motifs is 1. The van der Waals surface area contributed by atoms with Crippen LogP contribution in [-0.2, 0) is 9.59 Å². The number of Topliss-reactive ketones (excluding diaryl/α,β-unsaturated/α-hetero) is 1. The van der Waals surface area contributed by atoms with Crippen LogP contribution in [0.4, 0.5) is 11.4 Å². The molecule has 1 heterocycles. The number of hydrogen-bond donors (Lipinski definition) is 1. The van der Waals surface area contributed by atoms with Crippen molar-refractivity contribution in [2.24, 2.45) is 0 Å². The molecule has 0 unspecified atom stereocenters. The molecule has 0 aliphatic heterocycles. The summed E-state index contributed by atoms with van der Waals surface area (Å²) in [6.45, 7) is 2.71. The number of aromatic nitrogens is 1. The molecule has 1 aromatic heterocycles. The third kappa shape index (κ3) is 4.17. The lowest BCUT2D eigenvalue weighted by Crippen LogP contribution is -2.36. The quantitative estimate of drug-likeness (QED) is 0.706. The number of carbonyl (C=O) groups excluding carboxylic acids is 3. The van der Waals surface area contributed by atoms with E-state index < -0.39 is 0 Å². The summed E-state index contributed by atoms with van der Waals surface area (Å²) in [7, 11) is 0. The average molecular weight is 361 g/mol. The lowest BCUT2D eigenvalue weighted by molar-refractivity contribution is -0.120. The van der Waals surface area contributed by atoms with Gasteiger partial charge in [0.15, 0.2) is 5.78 Å². The van der Waals surface area contributed by atoms with Crippen LogP contribution in [0.5, 0.6) is 0 Å². The lowest BCUT2D eigenvalue weighted by atomic mass is 10.1. The first-order valence-electron chi connectivity index (χ1n) is 8.48. The number of anilines is 2. The molecule has 0 aliphatic carbocycles. The maximum atomic E-state index is 12.5. The van der Waals surface area contributed by atoms with Crippen LogP contribution in [0.15, 0.2) is 60.8 Å². The Morgan fingerprint density at radius 2 is 1.74 bits per heavy atom. The molecule has 136 valence electrons. The number of amides is 2. The minimum absolute atomic E-state index is 0.0849. The molecule has 6 nitrogen and oxygen atoms in total. The van der Waals surface area contributed by atoms with Gasteiger partial charge >= 0.3 is 0 Å². The fourth-order valence-corrected chi connectivity index (χ4v) is 2.83. The fraction of sp³-hybridized carbons (Fsp3) is 0.143. The molecule has 0 saturated heterocycles. The van der Waals surface area contributed by atoms with Gasteiger partial charge in [0.05, 0.1) is 11.2 Å². The zero-order chi connectivity index (χ0) is 19.4. The Balaban J connectivity index is 1.84. The van der Waals surface area contributed by atoms with Crippen LogP contribution in [0.3, 0.4) is 0 Å². The Bertz CT molecular complexity index is 1020. The largest absolute Gasteiger partial charge is 0.325 e. The summed E-state index contributed by atoms with van der Waals surface area (Å²) in [5.74, 6) is -0.710. The van der Waals surface area contributed by atoms with E-state index in [1.54, 1.807) is 36.5 Å². The van der Waals surface area contributed by atoms with Gasteiger partial charge in [-0.1, -0.05) is 30.3 Å². The highest BCUT2D eigenvalue weighted by Crippen LogP contribution is 2.25. The summed E-state index contributed by atoms with van der Waals surface area (Å²) in [5, 5.41) is 3.62. The van der Waals surface area contributed by atoms with Gasteiger partial charge in [-0.15, -0.1) is 0 Å². The van der Waals surface area contributed by atoms with Crippen LogP contribution in [0.2, 0.25) is 0 Å². The maximum Gasteiger partial charge on any atom is 0.244 e. The molecule has 1 N–H and O–H groups in total. The summed E-state index contributed by atoms with van der Waals surface area (Å²) in [6, 6.07) is 15.9. The zero-order valence-corrected chi connectivity index (χ0v) is 15.1. The topological polar surface area (TPSA) is 79.4 Å². The number of ketones is 1. The Morgan fingerprint density at radius 3 is 2.48 bits per heavy atom. The van der Waals surface area contributed by atoms with Crippen molar-refractivity contribution in [1.29, 1.82) is 0 Å². The third-order valence-electron chi connectivity index (χ3n) is 4.14. The third-order valence-corrected chi connectivity index (χ3v) is 4.14. The highest BCUT2D eigenvalue weighted by atomic mass is 16.2. The number of para-hydroxylation sites is 1. The predicted molar refractivity (Wildman–Crippen MR) is 105 cm³/mol. The molecule has 2 aromatic carbocycles. The van der Waals surface area contributed by atoms with Gasteiger partial charge in [0.25, 0.3) is 0 Å². The Hall–Kier alpha value is -3.54. The number of nitrogens with zero attached hydrogens (tertiary/aromatic N) is 2.